The molecule has 0 aliphatic carbocycles. The number of carbonyl (C=O) groups excluding carboxylic acids is 1. The average Bonchev–Trinajstić information content (AvgIpc) is 3.25. The predicted molar refractivity (Wildman–Crippen MR) is 87.8 cm³/mol. The van der Waals surface area contributed by atoms with Crippen LogP contribution in [0.15, 0.2) is 53.3 Å². The number of amides is 2. The Kier molecular flexibility index (Phi) is 4.69. The number of nitrogens with zero attached hydrogens (tertiary/aromatic N) is 4. The summed E-state index contributed by atoms with van der Waals surface area (Å²) < 4.78 is 6.56. The molecule has 0 atom stereocenters. The van der Waals surface area contributed by atoms with Crippen molar-refractivity contribution in [2.24, 2.45) is 0 Å². The molecule has 0 saturated heterocycles. The molecular formula is C15H14N6O4. The van der Waals surface area contributed by atoms with E-state index < -0.39 is 11.0 Å². The van der Waals surface area contributed by atoms with E-state index in [1.807, 2.05) is 30.3 Å². The second-order valence-electron chi connectivity index (χ2n) is 5.04. The van der Waals surface area contributed by atoms with Crippen LogP contribution >= 0.6 is 0 Å². The van der Waals surface area contributed by atoms with Crippen LogP contribution < -0.4 is 10.6 Å². The molecule has 2 heterocycles. The van der Waals surface area contributed by atoms with E-state index in [9.17, 15) is 14.9 Å². The van der Waals surface area contributed by atoms with Crippen LogP contribution in [0.5, 0.6) is 0 Å². The summed E-state index contributed by atoms with van der Waals surface area (Å²) in [5.41, 5.74) is 0.754. The van der Waals surface area contributed by atoms with Crippen molar-refractivity contribution in [3.63, 3.8) is 0 Å². The topological polar surface area (TPSA) is 128 Å². The normalized spacial score (nSPS) is 10.4. The number of carbonyl (C=O) groups is 1. The van der Waals surface area contributed by atoms with Crippen molar-refractivity contribution in [3.05, 3.63) is 58.9 Å². The number of hydrogen-bond donors (Lipinski definition) is 2. The fourth-order valence-corrected chi connectivity index (χ4v) is 2.09. The van der Waals surface area contributed by atoms with Gasteiger partial charge in [-0.2, -0.15) is 5.10 Å². The van der Waals surface area contributed by atoms with E-state index in [4.69, 9.17) is 4.52 Å². The van der Waals surface area contributed by atoms with Gasteiger partial charge >= 0.3 is 11.7 Å². The lowest BCUT2D eigenvalue weighted by Gasteiger charge is -2.04. The molecule has 0 fully saturated rings. The van der Waals surface area contributed by atoms with Gasteiger partial charge in [0.05, 0.1) is 11.5 Å². The molecular weight excluding hydrogens is 328 g/mol. The quantitative estimate of drug-likeness (QED) is 0.522. The van der Waals surface area contributed by atoms with E-state index in [0.29, 0.717) is 12.3 Å². The Morgan fingerprint density at radius 2 is 2.12 bits per heavy atom. The predicted octanol–water partition coefficient (Wildman–Crippen LogP) is 2.27. The van der Waals surface area contributed by atoms with Crippen molar-refractivity contribution < 1.29 is 14.2 Å². The Morgan fingerprint density at radius 1 is 1.32 bits per heavy atom. The van der Waals surface area contributed by atoms with Gasteiger partial charge in [-0.1, -0.05) is 35.5 Å². The molecule has 2 N–H and O–H groups in total. The van der Waals surface area contributed by atoms with Gasteiger partial charge in [-0.25, -0.2) is 4.79 Å². The van der Waals surface area contributed by atoms with Gasteiger partial charge in [0.1, 0.15) is 12.4 Å². The van der Waals surface area contributed by atoms with Crippen molar-refractivity contribution in [1.82, 2.24) is 20.3 Å². The SMILES string of the molecule is O=C(NCCn1cc([N+](=O)[O-])cn1)Nc1cc(-c2ccccc2)on1. The van der Waals surface area contributed by atoms with Crippen LogP contribution in [0.4, 0.5) is 16.3 Å². The van der Waals surface area contributed by atoms with E-state index in [1.165, 1.54) is 10.9 Å². The molecule has 2 aromatic heterocycles. The number of aromatic nitrogens is 3. The molecule has 2 amide bonds. The van der Waals surface area contributed by atoms with E-state index in [1.54, 1.807) is 6.07 Å². The van der Waals surface area contributed by atoms with E-state index in [2.05, 4.69) is 20.9 Å². The maximum absolute atomic E-state index is 11.8. The van der Waals surface area contributed by atoms with Crippen LogP contribution in [0.2, 0.25) is 0 Å². The third kappa shape index (κ3) is 4.19. The summed E-state index contributed by atoms with van der Waals surface area (Å²) in [5.74, 6) is 0.825. The van der Waals surface area contributed by atoms with Crippen molar-refractivity contribution in [3.8, 4) is 11.3 Å². The third-order valence-corrected chi connectivity index (χ3v) is 3.27. The molecule has 0 unspecified atom stereocenters. The first kappa shape index (κ1) is 16.2. The van der Waals surface area contributed by atoms with E-state index in [-0.39, 0.29) is 18.1 Å². The molecule has 25 heavy (non-hydrogen) atoms. The monoisotopic (exact) mass is 342 g/mol. The fraction of sp³-hybridized carbons (Fsp3) is 0.133. The molecule has 0 radical (unpaired) electrons. The smallest absolute Gasteiger partial charge is 0.320 e. The van der Waals surface area contributed by atoms with Gasteiger partial charge in [0.25, 0.3) is 0 Å². The molecule has 128 valence electrons. The summed E-state index contributed by atoms with van der Waals surface area (Å²) in [4.78, 5) is 21.9. The zero-order valence-electron chi connectivity index (χ0n) is 13.0. The van der Waals surface area contributed by atoms with E-state index in [0.717, 1.165) is 11.8 Å². The lowest BCUT2D eigenvalue weighted by Crippen LogP contribution is -2.31. The van der Waals surface area contributed by atoms with Gasteiger partial charge in [-0.3, -0.25) is 20.1 Å². The third-order valence-electron chi connectivity index (χ3n) is 3.27. The van der Waals surface area contributed by atoms with Gasteiger partial charge in [0, 0.05) is 18.2 Å². The summed E-state index contributed by atoms with van der Waals surface area (Å²) in [6, 6.07) is 10.5. The molecule has 1 aromatic carbocycles. The second kappa shape index (κ2) is 7.25. The average molecular weight is 342 g/mol. The molecule has 0 spiro atoms. The lowest BCUT2D eigenvalue weighted by molar-refractivity contribution is -0.385. The standard InChI is InChI=1S/C15H14N6O4/c22-15(16-6-7-20-10-12(9-17-20)21(23)24)18-14-8-13(25-19-14)11-4-2-1-3-5-11/h1-5,8-10H,6-7H2,(H2,16,18,19,22). The number of nitrogens with one attached hydrogen (secondary N) is 2. The first-order chi connectivity index (χ1) is 12.1. The Bertz CT molecular complexity index is 873. The Morgan fingerprint density at radius 3 is 2.84 bits per heavy atom. The summed E-state index contributed by atoms with van der Waals surface area (Å²) >= 11 is 0. The van der Waals surface area contributed by atoms with Gasteiger partial charge in [-0.15, -0.1) is 0 Å². The fourth-order valence-electron chi connectivity index (χ4n) is 2.09. The molecule has 0 saturated carbocycles. The number of benzene rings is 1. The Balaban J connectivity index is 1.48. The number of nitro groups is 1. The van der Waals surface area contributed by atoms with Crippen LogP contribution in [-0.2, 0) is 6.54 Å². The highest BCUT2D eigenvalue weighted by molar-refractivity contribution is 5.88. The highest BCUT2D eigenvalue weighted by atomic mass is 16.6. The molecule has 0 aliphatic rings. The van der Waals surface area contributed by atoms with Gasteiger partial charge in [0.2, 0.25) is 0 Å². The number of anilines is 1. The molecule has 3 rings (SSSR count). The summed E-state index contributed by atoms with van der Waals surface area (Å²) in [5, 5.41) is 23.3. The van der Waals surface area contributed by atoms with E-state index >= 15 is 0 Å². The molecule has 3 aromatic rings. The minimum absolute atomic E-state index is 0.0968. The van der Waals surface area contributed by atoms with Crippen molar-refractivity contribution in [2.75, 3.05) is 11.9 Å². The van der Waals surface area contributed by atoms with Crippen LogP contribution in [0.25, 0.3) is 11.3 Å². The van der Waals surface area contributed by atoms with Gasteiger partial charge in [0.15, 0.2) is 11.6 Å². The maximum atomic E-state index is 11.8. The summed E-state index contributed by atoms with van der Waals surface area (Å²) in [6.45, 7) is 0.545. The van der Waals surface area contributed by atoms with Gasteiger partial charge in [-0.05, 0) is 0 Å². The Hall–Kier alpha value is -3.69. The highest BCUT2D eigenvalue weighted by Gasteiger charge is 2.10. The molecule has 0 aliphatic heterocycles. The van der Waals surface area contributed by atoms with Crippen LogP contribution in [-0.4, -0.2) is 32.4 Å². The molecule has 10 nitrogen and oxygen atoms in total. The second-order valence-corrected chi connectivity index (χ2v) is 5.04. The number of rotatable bonds is 6. The lowest BCUT2D eigenvalue weighted by atomic mass is 10.2. The highest BCUT2D eigenvalue weighted by Crippen LogP contribution is 2.21. The van der Waals surface area contributed by atoms with Crippen LogP contribution in [0.1, 0.15) is 0 Å². The minimum atomic E-state index is -0.529. The van der Waals surface area contributed by atoms with Crippen molar-refractivity contribution in [2.45, 2.75) is 6.54 Å². The first-order valence-corrected chi connectivity index (χ1v) is 7.35. The summed E-state index contributed by atoms with van der Waals surface area (Å²) in [7, 11) is 0. The summed E-state index contributed by atoms with van der Waals surface area (Å²) in [6.07, 6.45) is 2.45. The maximum Gasteiger partial charge on any atom is 0.320 e. The minimum Gasteiger partial charge on any atom is -0.354 e. The largest absolute Gasteiger partial charge is 0.354 e. The molecule has 10 heteroatoms. The Labute approximate surface area is 141 Å². The van der Waals surface area contributed by atoms with Crippen LogP contribution in [0.3, 0.4) is 0 Å². The van der Waals surface area contributed by atoms with Gasteiger partial charge < -0.3 is 9.84 Å². The zero-order valence-corrected chi connectivity index (χ0v) is 13.0. The zero-order chi connectivity index (χ0) is 17.6. The number of urea groups is 1. The number of hydrogen-bond acceptors (Lipinski definition) is 6. The van der Waals surface area contributed by atoms with Crippen LogP contribution in [0, 0.1) is 10.1 Å². The van der Waals surface area contributed by atoms with Crippen molar-refractivity contribution >= 4 is 17.5 Å². The van der Waals surface area contributed by atoms with Crippen molar-refractivity contribution in [1.29, 1.82) is 0 Å². The molecule has 0 bridgehead atoms. The first-order valence-electron chi connectivity index (χ1n) is 7.35.